The van der Waals surface area contributed by atoms with Gasteiger partial charge in [-0.2, -0.15) is 4.31 Å². The molecule has 1 atom stereocenters. The lowest BCUT2D eigenvalue weighted by Crippen LogP contribution is -2.31. The zero-order chi connectivity index (χ0) is 24.5. The van der Waals surface area contributed by atoms with Gasteiger partial charge in [-0.3, -0.25) is 0 Å². The maximum atomic E-state index is 12.9. The van der Waals surface area contributed by atoms with Crippen LogP contribution in [0.3, 0.4) is 0 Å². The van der Waals surface area contributed by atoms with E-state index in [-0.39, 0.29) is 28.4 Å². The summed E-state index contributed by atoms with van der Waals surface area (Å²) in [6.07, 6.45) is 0.815. The van der Waals surface area contributed by atoms with Crippen molar-refractivity contribution < 1.29 is 13.5 Å². The van der Waals surface area contributed by atoms with Crippen molar-refractivity contribution in [2.24, 2.45) is 9.98 Å². The Bertz CT molecular complexity index is 1410. The number of anilines is 3. The number of fused-ring (bicyclic) bond motifs is 1. The Morgan fingerprint density at radius 1 is 1.12 bits per heavy atom. The summed E-state index contributed by atoms with van der Waals surface area (Å²) in [4.78, 5) is 20.1. The number of rotatable bonds is 10. The zero-order valence-electron chi connectivity index (χ0n) is 19.4. The van der Waals surface area contributed by atoms with E-state index in [1.807, 2.05) is 0 Å². The van der Waals surface area contributed by atoms with Crippen molar-refractivity contribution >= 4 is 50.0 Å². The second-order valence-electron chi connectivity index (χ2n) is 7.58. The first-order valence-corrected chi connectivity index (χ1v) is 14.1. The van der Waals surface area contributed by atoms with Crippen LogP contribution >= 0.6 is 22.7 Å². The van der Waals surface area contributed by atoms with Crippen molar-refractivity contribution in [2.75, 3.05) is 30.4 Å². The van der Waals surface area contributed by atoms with Gasteiger partial charge >= 0.3 is 0 Å². The minimum absolute atomic E-state index is 0.000353. The molecule has 10 nitrogen and oxygen atoms in total. The molecule has 4 rings (SSSR count). The Hall–Kier alpha value is -2.61. The lowest BCUT2D eigenvalue weighted by Gasteiger charge is -2.18. The van der Waals surface area contributed by atoms with Crippen LogP contribution in [-0.2, 0) is 10.0 Å². The van der Waals surface area contributed by atoms with Gasteiger partial charge in [0.15, 0.2) is 32.6 Å². The molecular weight excluding hydrogens is 494 g/mol. The minimum Gasteiger partial charge on any atom is -0.504 e. The number of aromatic hydroxyl groups is 1. The first-order chi connectivity index (χ1) is 16.3. The highest BCUT2D eigenvalue weighted by molar-refractivity contribution is 7.91. The second kappa shape index (κ2) is 9.94. The maximum Gasteiger partial charge on any atom is 0.256 e. The van der Waals surface area contributed by atoms with Gasteiger partial charge in [0, 0.05) is 28.2 Å². The van der Waals surface area contributed by atoms with Crippen LogP contribution in [0.5, 0.6) is 5.75 Å². The first kappa shape index (κ1) is 24.5. The van der Waals surface area contributed by atoms with Gasteiger partial charge in [-0.05, 0) is 25.5 Å². The van der Waals surface area contributed by atoms with Gasteiger partial charge in [-0.15, -0.1) is 22.7 Å². The van der Waals surface area contributed by atoms with Crippen molar-refractivity contribution in [2.45, 2.75) is 44.4 Å². The van der Waals surface area contributed by atoms with Crippen molar-refractivity contribution in [3.05, 3.63) is 38.2 Å². The molecule has 0 saturated heterocycles. The summed E-state index contributed by atoms with van der Waals surface area (Å²) >= 11 is 2.67. The van der Waals surface area contributed by atoms with Gasteiger partial charge in [-0.25, -0.2) is 28.4 Å². The molecule has 3 aromatic heterocycles. The van der Waals surface area contributed by atoms with Crippen LogP contribution in [0.25, 0.3) is 0 Å². The fourth-order valence-electron chi connectivity index (χ4n) is 3.58. The number of aromatic nitrogens is 2. The predicted molar refractivity (Wildman–Crippen MR) is 134 cm³/mol. The Morgan fingerprint density at radius 3 is 2.38 bits per heavy atom. The third-order valence-electron chi connectivity index (χ3n) is 5.39. The summed E-state index contributed by atoms with van der Waals surface area (Å²) in [5.41, 5.74) is 1.09. The van der Waals surface area contributed by atoms with Gasteiger partial charge < -0.3 is 15.7 Å². The smallest absolute Gasteiger partial charge is 0.256 e. The average molecular weight is 522 g/mol. The van der Waals surface area contributed by atoms with Gasteiger partial charge in [0.2, 0.25) is 0 Å². The highest BCUT2D eigenvalue weighted by Gasteiger charge is 2.29. The molecule has 3 N–H and O–H groups in total. The highest BCUT2D eigenvalue weighted by Crippen LogP contribution is 2.41. The van der Waals surface area contributed by atoms with Crippen LogP contribution in [0.2, 0.25) is 0 Å². The van der Waals surface area contributed by atoms with E-state index in [0.29, 0.717) is 35.7 Å². The predicted octanol–water partition coefficient (Wildman–Crippen LogP) is 3.16. The monoisotopic (exact) mass is 521 g/mol. The SMILES string of the molecule is CC[C@@H](Nc1nc2c(nc1Nc1csc(S(=O)(=O)N(CC)CC)c1O)=NCN=2)c1ccc(C)s1. The molecule has 34 heavy (non-hydrogen) atoms. The van der Waals surface area contributed by atoms with Gasteiger partial charge in [0.1, 0.15) is 6.67 Å². The maximum absolute atomic E-state index is 12.9. The molecule has 0 amide bonds. The van der Waals surface area contributed by atoms with Crippen molar-refractivity contribution in [3.8, 4) is 5.75 Å². The molecule has 4 heterocycles. The minimum atomic E-state index is -3.80. The molecule has 3 aromatic rings. The third-order valence-corrected chi connectivity index (χ3v) is 10.0. The lowest BCUT2D eigenvalue weighted by molar-refractivity contribution is 0.434. The summed E-state index contributed by atoms with van der Waals surface area (Å²) in [5.74, 6) is 0.454. The van der Waals surface area contributed by atoms with Crippen LogP contribution in [-0.4, -0.2) is 47.6 Å². The molecule has 0 aromatic carbocycles. The van der Waals surface area contributed by atoms with Gasteiger partial charge in [0.25, 0.3) is 10.0 Å². The number of hydrogen-bond acceptors (Lipinski definition) is 11. The van der Waals surface area contributed by atoms with Crippen LogP contribution in [0.15, 0.2) is 31.7 Å². The summed E-state index contributed by atoms with van der Waals surface area (Å²) in [5, 5.41) is 18.9. The van der Waals surface area contributed by atoms with Crippen LogP contribution in [0, 0.1) is 6.92 Å². The zero-order valence-corrected chi connectivity index (χ0v) is 21.8. The Kier molecular flexibility index (Phi) is 7.17. The van der Waals surface area contributed by atoms with Crippen LogP contribution in [0.1, 0.15) is 43.0 Å². The van der Waals surface area contributed by atoms with Crippen LogP contribution < -0.4 is 21.6 Å². The first-order valence-electron chi connectivity index (χ1n) is 11.0. The lowest BCUT2D eigenvalue weighted by atomic mass is 10.2. The standard InChI is InChI=1S/C21H27N7O3S3/c1-5-13(15-9-8-12(4)33-15)24-19-20(27-18-17(26-19)22-11-23-18)25-14-10-32-21(16(14)29)34(30,31)28(6-2)7-3/h8-10,13,29H,5-7,11H2,1-4H3,(H,22,24,26)(H,23,25,27)/t13-/m1/s1. The summed E-state index contributed by atoms with van der Waals surface area (Å²) in [6, 6.07) is 4.16. The fraction of sp³-hybridized carbons (Fsp3) is 0.429. The molecule has 13 heteroatoms. The molecule has 0 radical (unpaired) electrons. The molecule has 0 bridgehead atoms. The molecule has 0 saturated carbocycles. The Morgan fingerprint density at radius 2 is 1.79 bits per heavy atom. The molecule has 0 spiro atoms. The van der Waals surface area contributed by atoms with E-state index in [9.17, 15) is 13.5 Å². The van der Waals surface area contributed by atoms with E-state index in [4.69, 9.17) is 0 Å². The summed E-state index contributed by atoms with van der Waals surface area (Å²) in [7, 11) is -3.80. The van der Waals surface area contributed by atoms with E-state index >= 15 is 0 Å². The average Bonchev–Trinajstić information content (AvgIpc) is 3.53. The van der Waals surface area contributed by atoms with Gasteiger partial charge in [0.05, 0.1) is 11.7 Å². The molecule has 0 unspecified atom stereocenters. The third kappa shape index (κ3) is 4.65. The number of nitrogens with one attached hydrogen (secondary N) is 2. The van der Waals surface area contributed by atoms with Crippen molar-refractivity contribution in [3.63, 3.8) is 0 Å². The van der Waals surface area contributed by atoms with E-state index in [2.05, 4.69) is 56.6 Å². The molecule has 0 aliphatic carbocycles. The number of nitrogens with zero attached hydrogens (tertiary/aromatic N) is 5. The molecular formula is C21H27N7O3S3. The number of aryl methyl sites for hydroxylation is 1. The van der Waals surface area contributed by atoms with E-state index in [0.717, 1.165) is 17.8 Å². The molecule has 1 aliphatic heterocycles. The second-order valence-corrected chi connectivity index (χ2v) is 11.9. The normalized spacial score (nSPS) is 13.9. The van der Waals surface area contributed by atoms with E-state index < -0.39 is 10.0 Å². The topological polar surface area (TPSA) is 132 Å². The highest BCUT2D eigenvalue weighted by atomic mass is 32.2. The molecule has 182 valence electrons. The number of hydrogen-bond donors (Lipinski definition) is 3. The van der Waals surface area contributed by atoms with Crippen molar-refractivity contribution in [1.29, 1.82) is 0 Å². The Balaban J connectivity index is 1.71. The molecule has 1 aliphatic rings. The fourth-order valence-corrected chi connectivity index (χ4v) is 7.43. The van der Waals surface area contributed by atoms with Crippen LogP contribution in [0.4, 0.5) is 17.3 Å². The number of thiophene rings is 2. The van der Waals surface area contributed by atoms with Crippen molar-refractivity contribution in [1.82, 2.24) is 14.3 Å². The van der Waals surface area contributed by atoms with Gasteiger partial charge in [-0.1, -0.05) is 20.8 Å². The molecule has 0 fully saturated rings. The van der Waals surface area contributed by atoms with E-state index in [1.54, 1.807) is 30.6 Å². The largest absolute Gasteiger partial charge is 0.504 e. The quantitative estimate of drug-likeness (QED) is 0.373. The van der Waals surface area contributed by atoms with E-state index in [1.165, 1.54) is 14.1 Å². The summed E-state index contributed by atoms with van der Waals surface area (Å²) in [6.45, 7) is 8.55. The Labute approximate surface area is 206 Å². The number of sulfonamides is 1. The summed E-state index contributed by atoms with van der Waals surface area (Å²) < 4.78 is 27.0.